The van der Waals surface area contributed by atoms with Gasteiger partial charge in [0.25, 0.3) is 0 Å². The average Bonchev–Trinajstić information content (AvgIpc) is 2.05. The maximum absolute atomic E-state index is 11.7. The Morgan fingerprint density at radius 3 is 2.40 bits per heavy atom. The fourth-order valence-corrected chi connectivity index (χ4v) is 0.700. The highest BCUT2D eigenvalue weighted by Crippen LogP contribution is 2.07. The third-order valence-corrected chi connectivity index (χ3v) is 1.27. The highest BCUT2D eigenvalue weighted by Gasteiger charge is 1.94. The van der Waals surface area contributed by atoms with Gasteiger partial charge in [0.05, 0.1) is 5.69 Å². The molecule has 1 aromatic carbocycles. The number of hydrazine groups is 1. The molecule has 0 aliphatic rings. The van der Waals surface area contributed by atoms with Gasteiger partial charge < -0.3 is 0 Å². The van der Waals surface area contributed by atoms with Gasteiger partial charge in [0.15, 0.2) is 0 Å². The predicted molar refractivity (Wildman–Crippen MR) is 39.1 cm³/mol. The maximum atomic E-state index is 11.7. The van der Waals surface area contributed by atoms with Gasteiger partial charge in [0.2, 0.25) is 0 Å². The fourth-order valence-electron chi connectivity index (χ4n) is 0.700. The summed E-state index contributed by atoms with van der Waals surface area (Å²) in [7, 11) is 1.61. The Bertz CT molecular complexity index is 188. The molecule has 1 rings (SSSR count). The van der Waals surface area contributed by atoms with Crippen molar-refractivity contribution in [3.05, 3.63) is 30.3 Å². The monoisotopic (exact) mass is 140 g/mol. The van der Waals surface area contributed by atoms with Gasteiger partial charge >= 0.3 is 0 Å². The summed E-state index contributed by atoms with van der Waals surface area (Å²) in [6.07, 6.45) is 0. The number of hydrogen-bond acceptors (Lipinski definition) is 2. The van der Waals surface area contributed by atoms with Crippen LogP contribution in [0.2, 0.25) is 0 Å². The lowest BCUT2D eigenvalue weighted by molar-refractivity contribution is 0.328. The number of anilines is 1. The zero-order valence-corrected chi connectivity index (χ0v) is 5.71. The standard InChI is InChI=1S/C7H9FN2/c1-10(9-8)7-5-3-2-4-6-7/h2-6,9H,1H3. The Balaban J connectivity index is 2.75. The van der Waals surface area contributed by atoms with Crippen molar-refractivity contribution < 1.29 is 4.48 Å². The van der Waals surface area contributed by atoms with Crippen molar-refractivity contribution in [1.82, 2.24) is 5.65 Å². The van der Waals surface area contributed by atoms with E-state index in [4.69, 9.17) is 0 Å². The van der Waals surface area contributed by atoms with E-state index in [0.29, 0.717) is 0 Å². The van der Waals surface area contributed by atoms with E-state index in [-0.39, 0.29) is 0 Å². The number of rotatable bonds is 2. The molecule has 0 amide bonds. The van der Waals surface area contributed by atoms with E-state index >= 15 is 0 Å². The van der Waals surface area contributed by atoms with Crippen molar-refractivity contribution in [3.63, 3.8) is 0 Å². The summed E-state index contributed by atoms with van der Waals surface area (Å²) in [5.41, 5.74) is 2.31. The third-order valence-electron chi connectivity index (χ3n) is 1.27. The Hall–Kier alpha value is -1.09. The lowest BCUT2D eigenvalue weighted by Gasteiger charge is -2.13. The van der Waals surface area contributed by atoms with Crippen molar-refractivity contribution >= 4 is 5.69 Å². The summed E-state index contributed by atoms with van der Waals surface area (Å²) < 4.78 is 11.7. The molecule has 0 heterocycles. The molecule has 0 fully saturated rings. The highest BCUT2D eigenvalue weighted by atomic mass is 19.2. The molecule has 10 heavy (non-hydrogen) atoms. The molecule has 0 saturated heterocycles. The van der Waals surface area contributed by atoms with E-state index in [1.165, 1.54) is 10.7 Å². The molecular weight excluding hydrogens is 131 g/mol. The normalized spacial score (nSPS) is 9.40. The number of nitrogens with zero attached hydrogens (tertiary/aromatic N) is 1. The second-order valence-electron chi connectivity index (χ2n) is 1.98. The van der Waals surface area contributed by atoms with Gasteiger partial charge in [-0.15, -0.1) is 4.48 Å². The highest BCUT2D eigenvalue weighted by molar-refractivity contribution is 5.43. The van der Waals surface area contributed by atoms with Crippen molar-refractivity contribution in [3.8, 4) is 0 Å². The zero-order chi connectivity index (χ0) is 7.40. The zero-order valence-electron chi connectivity index (χ0n) is 5.71. The van der Waals surface area contributed by atoms with E-state index in [2.05, 4.69) is 0 Å². The minimum absolute atomic E-state index is 0.796. The van der Waals surface area contributed by atoms with Crippen LogP contribution in [0, 0.1) is 0 Å². The molecule has 0 bridgehead atoms. The average molecular weight is 140 g/mol. The molecule has 0 saturated carbocycles. The Morgan fingerprint density at radius 1 is 1.30 bits per heavy atom. The molecule has 0 aliphatic heterocycles. The Kier molecular flexibility index (Phi) is 2.23. The van der Waals surface area contributed by atoms with Crippen LogP contribution in [-0.2, 0) is 0 Å². The van der Waals surface area contributed by atoms with Crippen LogP contribution in [0.1, 0.15) is 0 Å². The van der Waals surface area contributed by atoms with E-state index in [1.54, 1.807) is 7.05 Å². The summed E-state index contributed by atoms with van der Waals surface area (Å²) in [4.78, 5) is 0. The van der Waals surface area contributed by atoms with Crippen LogP contribution in [0.3, 0.4) is 0 Å². The summed E-state index contributed by atoms with van der Waals surface area (Å²) in [6.45, 7) is 0. The van der Waals surface area contributed by atoms with Crippen LogP contribution in [0.5, 0.6) is 0 Å². The van der Waals surface area contributed by atoms with Gasteiger partial charge in [-0.3, -0.25) is 5.01 Å². The molecule has 0 atom stereocenters. The summed E-state index contributed by atoms with van der Waals surface area (Å²) in [5.74, 6) is 0. The van der Waals surface area contributed by atoms with Gasteiger partial charge in [-0.25, -0.2) is 0 Å². The van der Waals surface area contributed by atoms with E-state index in [0.717, 1.165) is 5.69 Å². The first-order valence-electron chi connectivity index (χ1n) is 2.99. The third kappa shape index (κ3) is 1.45. The van der Waals surface area contributed by atoms with Gasteiger partial charge in [0.1, 0.15) is 0 Å². The predicted octanol–water partition coefficient (Wildman–Crippen LogP) is 1.51. The second-order valence-corrected chi connectivity index (χ2v) is 1.98. The number of halogens is 1. The number of hydrogen-bond donors (Lipinski definition) is 1. The molecule has 0 aliphatic carbocycles. The van der Waals surface area contributed by atoms with Crippen LogP contribution < -0.4 is 10.7 Å². The van der Waals surface area contributed by atoms with Crippen molar-refractivity contribution in [2.75, 3.05) is 12.1 Å². The summed E-state index contributed by atoms with van der Waals surface area (Å²) >= 11 is 0. The van der Waals surface area contributed by atoms with Gasteiger partial charge in [-0.05, 0) is 12.1 Å². The first-order valence-corrected chi connectivity index (χ1v) is 2.99. The van der Waals surface area contributed by atoms with Gasteiger partial charge in [0, 0.05) is 7.05 Å². The minimum Gasteiger partial charge on any atom is -0.285 e. The molecule has 1 N–H and O–H groups in total. The smallest absolute Gasteiger partial charge is 0.0541 e. The maximum Gasteiger partial charge on any atom is 0.0541 e. The van der Waals surface area contributed by atoms with Crippen molar-refractivity contribution in [2.24, 2.45) is 0 Å². The van der Waals surface area contributed by atoms with Crippen molar-refractivity contribution in [2.45, 2.75) is 0 Å². The first kappa shape index (κ1) is 7.02. The van der Waals surface area contributed by atoms with E-state index < -0.39 is 0 Å². The lowest BCUT2D eigenvalue weighted by atomic mass is 10.3. The Labute approximate surface area is 59.2 Å². The Morgan fingerprint density at radius 2 is 1.90 bits per heavy atom. The van der Waals surface area contributed by atoms with Crippen LogP contribution in [-0.4, -0.2) is 7.05 Å². The molecule has 54 valence electrons. The van der Waals surface area contributed by atoms with E-state index in [9.17, 15) is 4.48 Å². The quantitative estimate of drug-likeness (QED) is 0.495. The molecule has 3 heteroatoms. The summed E-state index contributed by atoms with van der Waals surface area (Å²) in [5, 5.41) is 1.29. The van der Waals surface area contributed by atoms with E-state index in [1.807, 2.05) is 30.3 Å². The molecule has 1 aromatic rings. The second kappa shape index (κ2) is 3.17. The molecule has 0 radical (unpaired) electrons. The van der Waals surface area contributed by atoms with Crippen LogP contribution in [0.15, 0.2) is 30.3 Å². The minimum atomic E-state index is 0.796. The van der Waals surface area contributed by atoms with Crippen molar-refractivity contribution in [1.29, 1.82) is 0 Å². The SMILES string of the molecule is CN(NF)c1ccccc1. The molecule has 0 unspecified atom stereocenters. The van der Waals surface area contributed by atoms with Crippen LogP contribution in [0.25, 0.3) is 0 Å². The van der Waals surface area contributed by atoms with Gasteiger partial charge in [-0.1, -0.05) is 23.8 Å². The number of para-hydroxylation sites is 1. The first-order chi connectivity index (χ1) is 4.84. The molecule has 0 aromatic heterocycles. The topological polar surface area (TPSA) is 15.3 Å². The number of nitrogens with one attached hydrogen (secondary N) is 1. The van der Waals surface area contributed by atoms with Gasteiger partial charge in [-0.2, -0.15) is 0 Å². The summed E-state index contributed by atoms with van der Waals surface area (Å²) in [6, 6.07) is 9.21. The lowest BCUT2D eigenvalue weighted by Crippen LogP contribution is -2.26. The molecule has 2 nitrogen and oxygen atoms in total. The fraction of sp³-hybridized carbons (Fsp3) is 0.143. The number of benzene rings is 1. The largest absolute Gasteiger partial charge is 0.285 e. The van der Waals surface area contributed by atoms with Crippen LogP contribution in [0.4, 0.5) is 10.2 Å². The molecular formula is C7H9FN2. The van der Waals surface area contributed by atoms with Crippen LogP contribution >= 0.6 is 0 Å². The molecule has 0 spiro atoms.